The van der Waals surface area contributed by atoms with E-state index in [0.29, 0.717) is 0 Å². The molecule has 7 heteroatoms. The van der Waals surface area contributed by atoms with Crippen LogP contribution in [0.4, 0.5) is 0 Å². The van der Waals surface area contributed by atoms with E-state index in [0.717, 1.165) is 105 Å². The lowest BCUT2D eigenvalue weighted by Crippen LogP contribution is -2.24. The number of aliphatic hydroxyl groups excluding tert-OH is 2. The Bertz CT molecular complexity index is 833. The van der Waals surface area contributed by atoms with Crippen molar-refractivity contribution in [2.75, 3.05) is 39.3 Å². The Kier molecular flexibility index (Phi) is 15.0. The smallest absolute Gasteiger partial charge is 0.130 e. The Morgan fingerprint density at radius 1 is 0.694 bits per heavy atom. The van der Waals surface area contributed by atoms with Crippen LogP contribution in [0.3, 0.4) is 0 Å². The Morgan fingerprint density at radius 3 is 1.44 bits per heavy atom. The largest absolute Gasteiger partial charge is 0.457 e. The Labute approximate surface area is 230 Å². The summed E-state index contributed by atoms with van der Waals surface area (Å²) in [5.41, 5.74) is 4.11. The van der Waals surface area contributed by atoms with Crippen LogP contribution in [0.1, 0.15) is 87.8 Å². The number of fused-ring (bicyclic) bond motifs is 2. The summed E-state index contributed by atoms with van der Waals surface area (Å²) in [5.74, 6) is 1.72. The van der Waals surface area contributed by atoms with Crippen molar-refractivity contribution in [1.82, 2.24) is 9.80 Å². The van der Waals surface area contributed by atoms with Crippen molar-refractivity contribution < 1.29 is 14.9 Å². The fraction of sp³-hybridized carbons (Fsp3) is 0.586. The van der Waals surface area contributed by atoms with E-state index in [4.69, 9.17) is 4.74 Å². The average molecular weight is 542 g/mol. The summed E-state index contributed by atoms with van der Waals surface area (Å²) in [6, 6.07) is 12.1. The molecule has 1 aliphatic heterocycles. The molecule has 0 saturated carbocycles. The third-order valence-corrected chi connectivity index (χ3v) is 7.23. The predicted octanol–water partition coefficient (Wildman–Crippen LogP) is 6.54. The van der Waals surface area contributed by atoms with Gasteiger partial charge in [-0.2, -0.15) is 0 Å². The van der Waals surface area contributed by atoms with Crippen molar-refractivity contribution in [1.29, 1.82) is 0 Å². The molecule has 3 rings (SSSR count). The van der Waals surface area contributed by atoms with Crippen LogP contribution < -0.4 is 4.74 Å². The highest BCUT2D eigenvalue weighted by molar-refractivity contribution is 5.85. The van der Waals surface area contributed by atoms with Crippen molar-refractivity contribution in [3.05, 3.63) is 58.7 Å². The summed E-state index contributed by atoms with van der Waals surface area (Å²) in [5, 5.41) is 21.5. The number of hydrogen-bond donors (Lipinski definition) is 2. The maximum Gasteiger partial charge on any atom is 0.130 e. The summed E-state index contributed by atoms with van der Waals surface area (Å²) < 4.78 is 6.15. The van der Waals surface area contributed by atoms with Gasteiger partial charge in [0.05, 0.1) is 12.2 Å². The fourth-order valence-electron chi connectivity index (χ4n) is 4.84. The van der Waals surface area contributed by atoms with Crippen LogP contribution in [0.2, 0.25) is 0 Å². The zero-order chi connectivity index (χ0) is 24.5. The van der Waals surface area contributed by atoms with Gasteiger partial charge in [-0.15, -0.1) is 24.8 Å². The number of benzene rings is 2. The van der Waals surface area contributed by atoms with Crippen LogP contribution in [0.25, 0.3) is 0 Å². The topological polar surface area (TPSA) is 56.2 Å². The fourth-order valence-corrected chi connectivity index (χ4v) is 4.84. The van der Waals surface area contributed by atoms with Crippen LogP contribution in [-0.4, -0.2) is 59.3 Å². The summed E-state index contributed by atoms with van der Waals surface area (Å²) in [4.78, 5) is 4.78. The van der Waals surface area contributed by atoms with Gasteiger partial charge in [0, 0.05) is 6.42 Å². The molecule has 0 saturated heterocycles. The minimum atomic E-state index is -0.457. The Morgan fingerprint density at radius 2 is 1.08 bits per heavy atom. The van der Waals surface area contributed by atoms with Gasteiger partial charge in [0.1, 0.15) is 11.5 Å². The van der Waals surface area contributed by atoms with Gasteiger partial charge in [0.2, 0.25) is 0 Å². The number of rotatable bonds is 14. The Balaban J connectivity index is 0.00000324. The first-order valence-corrected chi connectivity index (χ1v) is 13.2. The van der Waals surface area contributed by atoms with Gasteiger partial charge in [0.25, 0.3) is 0 Å². The standard InChI is InChI=1S/C29H44N2O3.2ClH/c1-5-30(6-2)17-9-11-26(32)22-13-15-28-24(19-22)21-25-20-23(14-16-29(25)34-28)27(33)12-10-18-31(7-3)8-4;;/h13-16,19-20,26-27,32-33H,5-12,17-18,21H2,1-4H3;2*1H. The van der Waals surface area contributed by atoms with Crippen LogP contribution in [0.5, 0.6) is 11.5 Å². The molecule has 2 aromatic carbocycles. The third-order valence-electron chi connectivity index (χ3n) is 7.23. The average Bonchev–Trinajstić information content (AvgIpc) is 2.87. The summed E-state index contributed by atoms with van der Waals surface area (Å²) in [7, 11) is 0. The summed E-state index contributed by atoms with van der Waals surface area (Å²) in [6.45, 7) is 15.0. The number of halogens is 2. The first-order chi connectivity index (χ1) is 16.5. The molecule has 36 heavy (non-hydrogen) atoms. The monoisotopic (exact) mass is 540 g/mol. The highest BCUT2D eigenvalue weighted by Gasteiger charge is 2.21. The molecule has 1 aliphatic rings. The van der Waals surface area contributed by atoms with Crippen LogP contribution >= 0.6 is 24.8 Å². The van der Waals surface area contributed by atoms with Gasteiger partial charge in [0.15, 0.2) is 0 Å². The summed E-state index contributed by atoms with van der Waals surface area (Å²) in [6.07, 6.45) is 3.32. The zero-order valence-corrected chi connectivity index (χ0v) is 24.0. The molecule has 5 nitrogen and oxygen atoms in total. The first kappa shape index (κ1) is 32.7. The highest BCUT2D eigenvalue weighted by atomic mass is 35.5. The van der Waals surface area contributed by atoms with Crippen molar-refractivity contribution in [2.24, 2.45) is 0 Å². The van der Waals surface area contributed by atoms with Gasteiger partial charge in [-0.3, -0.25) is 0 Å². The number of ether oxygens (including phenoxy) is 1. The molecule has 0 bridgehead atoms. The number of aliphatic hydroxyl groups is 2. The Hall–Kier alpha value is -1.34. The predicted molar refractivity (Wildman–Crippen MR) is 154 cm³/mol. The molecule has 1 heterocycles. The lowest BCUT2D eigenvalue weighted by atomic mass is 9.93. The van der Waals surface area contributed by atoms with E-state index in [-0.39, 0.29) is 24.8 Å². The van der Waals surface area contributed by atoms with E-state index >= 15 is 0 Å². The van der Waals surface area contributed by atoms with Crippen LogP contribution in [0, 0.1) is 0 Å². The van der Waals surface area contributed by atoms with E-state index in [1.54, 1.807) is 0 Å². The van der Waals surface area contributed by atoms with Gasteiger partial charge in [-0.1, -0.05) is 39.8 Å². The first-order valence-electron chi connectivity index (χ1n) is 13.2. The molecule has 0 aromatic heterocycles. The van der Waals surface area contributed by atoms with Gasteiger partial charge in [-0.25, -0.2) is 0 Å². The number of hydrogen-bond acceptors (Lipinski definition) is 5. The molecule has 2 atom stereocenters. The second-order valence-electron chi connectivity index (χ2n) is 9.38. The van der Waals surface area contributed by atoms with Gasteiger partial charge >= 0.3 is 0 Å². The molecular formula is C29H46Cl2N2O3. The molecule has 0 fully saturated rings. The molecule has 2 aromatic rings. The maximum atomic E-state index is 10.8. The molecule has 0 amide bonds. The lowest BCUT2D eigenvalue weighted by Gasteiger charge is -2.24. The molecule has 2 unspecified atom stereocenters. The highest BCUT2D eigenvalue weighted by Crippen LogP contribution is 2.39. The zero-order valence-electron chi connectivity index (χ0n) is 22.4. The second-order valence-corrected chi connectivity index (χ2v) is 9.38. The van der Waals surface area contributed by atoms with E-state index in [9.17, 15) is 10.2 Å². The van der Waals surface area contributed by atoms with E-state index in [1.807, 2.05) is 24.3 Å². The van der Waals surface area contributed by atoms with Crippen molar-refractivity contribution in [3.63, 3.8) is 0 Å². The molecule has 0 aliphatic carbocycles. The van der Waals surface area contributed by atoms with Crippen LogP contribution in [0.15, 0.2) is 36.4 Å². The minimum absolute atomic E-state index is 0. The molecule has 2 N–H and O–H groups in total. The lowest BCUT2D eigenvalue weighted by molar-refractivity contribution is 0.156. The SMILES string of the molecule is CCN(CC)CCCC(O)c1ccc2c(c1)Cc1cc(C(O)CCCN(CC)CC)ccc1O2.Cl.Cl. The van der Waals surface area contributed by atoms with Gasteiger partial charge < -0.3 is 24.7 Å². The van der Waals surface area contributed by atoms with Crippen molar-refractivity contribution in [2.45, 2.75) is 72.0 Å². The van der Waals surface area contributed by atoms with E-state index < -0.39 is 12.2 Å². The molecular weight excluding hydrogens is 495 g/mol. The normalized spacial score (nSPS) is 13.8. The summed E-state index contributed by atoms with van der Waals surface area (Å²) >= 11 is 0. The minimum Gasteiger partial charge on any atom is -0.457 e. The third kappa shape index (κ3) is 8.90. The van der Waals surface area contributed by atoms with E-state index in [1.165, 1.54) is 0 Å². The molecule has 0 spiro atoms. The maximum absolute atomic E-state index is 10.8. The second kappa shape index (κ2) is 16.5. The van der Waals surface area contributed by atoms with E-state index in [2.05, 4.69) is 49.6 Å². The quantitative estimate of drug-likeness (QED) is 0.243. The molecule has 204 valence electrons. The van der Waals surface area contributed by atoms with Gasteiger partial charge in [-0.05, 0) is 111 Å². The van der Waals surface area contributed by atoms with Crippen molar-refractivity contribution in [3.8, 4) is 11.5 Å². The van der Waals surface area contributed by atoms with Crippen LogP contribution in [-0.2, 0) is 6.42 Å². The number of nitrogens with zero attached hydrogens (tertiary/aromatic N) is 2. The molecule has 0 radical (unpaired) electrons. The van der Waals surface area contributed by atoms with Crippen molar-refractivity contribution >= 4 is 24.8 Å².